The van der Waals surface area contributed by atoms with Gasteiger partial charge >= 0.3 is 0 Å². The third-order valence-corrected chi connectivity index (χ3v) is 8.83. The van der Waals surface area contributed by atoms with Gasteiger partial charge in [0.15, 0.2) is 5.66 Å². The second kappa shape index (κ2) is 15.3. The van der Waals surface area contributed by atoms with Crippen LogP contribution in [-0.4, -0.2) is 81.2 Å². The van der Waals surface area contributed by atoms with Gasteiger partial charge in [0.1, 0.15) is 5.75 Å². The third-order valence-electron chi connectivity index (χ3n) is 8.33. The molecular formula is C34H38Cl2N6O4. The molecule has 0 aromatic heterocycles. The molecule has 12 heteroatoms. The molecule has 3 atom stereocenters. The summed E-state index contributed by atoms with van der Waals surface area (Å²) in [6, 6.07) is 21.7. The summed E-state index contributed by atoms with van der Waals surface area (Å²) in [7, 11) is 1.59. The number of amides is 2. The number of carbonyl (C=O) groups excluding carboxylic acids is 2. The maximum atomic E-state index is 14.9. The molecule has 2 heterocycles. The second-order valence-electron chi connectivity index (χ2n) is 11.3. The predicted molar refractivity (Wildman–Crippen MR) is 177 cm³/mol. The summed E-state index contributed by atoms with van der Waals surface area (Å²) in [4.78, 5) is 31.2. The summed E-state index contributed by atoms with van der Waals surface area (Å²) < 4.78 is 11.1. The van der Waals surface area contributed by atoms with E-state index in [1.54, 1.807) is 25.3 Å². The van der Waals surface area contributed by atoms with Crippen LogP contribution in [0.3, 0.4) is 0 Å². The van der Waals surface area contributed by atoms with Crippen LogP contribution in [0.4, 0.5) is 0 Å². The summed E-state index contributed by atoms with van der Waals surface area (Å²) in [6.07, 6.45) is 0. The van der Waals surface area contributed by atoms with Gasteiger partial charge in [0.2, 0.25) is 5.91 Å². The highest BCUT2D eigenvalue weighted by atomic mass is 35.5. The van der Waals surface area contributed by atoms with E-state index in [1.165, 1.54) is 0 Å². The number of halogens is 2. The van der Waals surface area contributed by atoms with Crippen molar-refractivity contribution in [3.63, 3.8) is 0 Å². The number of rotatable bonds is 11. The van der Waals surface area contributed by atoms with Gasteiger partial charge in [-0.25, -0.2) is 0 Å². The number of nitriles is 1. The van der Waals surface area contributed by atoms with Crippen molar-refractivity contribution in [3.05, 3.63) is 99.0 Å². The van der Waals surface area contributed by atoms with Crippen LogP contribution in [0, 0.1) is 11.3 Å². The maximum absolute atomic E-state index is 14.9. The molecule has 0 saturated carbocycles. The van der Waals surface area contributed by atoms with E-state index in [0.29, 0.717) is 72.9 Å². The average molecular weight is 666 g/mol. The van der Waals surface area contributed by atoms with Crippen molar-refractivity contribution in [2.75, 3.05) is 59.6 Å². The van der Waals surface area contributed by atoms with Crippen LogP contribution in [-0.2, 0) is 20.0 Å². The number of methoxy groups -OCH3 is 1. The molecule has 0 spiro atoms. The van der Waals surface area contributed by atoms with Crippen LogP contribution in [0.5, 0.6) is 5.75 Å². The molecule has 10 nitrogen and oxygen atoms in total. The highest BCUT2D eigenvalue weighted by Gasteiger charge is 2.54. The van der Waals surface area contributed by atoms with Gasteiger partial charge in [-0.15, -0.1) is 0 Å². The third kappa shape index (κ3) is 7.47. The monoisotopic (exact) mass is 664 g/mol. The van der Waals surface area contributed by atoms with Crippen LogP contribution in [0.15, 0.2) is 66.7 Å². The van der Waals surface area contributed by atoms with Gasteiger partial charge in [0, 0.05) is 55.4 Å². The fraction of sp³-hybridized carbons (Fsp3) is 0.382. The van der Waals surface area contributed by atoms with Crippen molar-refractivity contribution >= 4 is 35.0 Å². The van der Waals surface area contributed by atoms with Gasteiger partial charge < -0.3 is 19.7 Å². The van der Waals surface area contributed by atoms with Crippen LogP contribution >= 0.6 is 23.2 Å². The van der Waals surface area contributed by atoms with Gasteiger partial charge in [0.05, 0.1) is 43.5 Å². The Balaban J connectivity index is 1.52. The quantitative estimate of drug-likeness (QED) is 0.263. The number of nitrogens with zero attached hydrogens (tertiary/aromatic N) is 3. The highest BCUT2D eigenvalue weighted by molar-refractivity contribution is 6.30. The molecule has 3 N–H and O–H groups in total. The minimum absolute atomic E-state index is 0.0806. The smallest absolute Gasteiger partial charge is 0.262 e. The van der Waals surface area contributed by atoms with Crippen molar-refractivity contribution in [2.45, 2.75) is 24.7 Å². The number of hydrogen-bond donors (Lipinski definition) is 3. The normalized spacial score (nSPS) is 21.5. The lowest BCUT2D eigenvalue weighted by Crippen LogP contribution is -2.62. The van der Waals surface area contributed by atoms with Crippen molar-refractivity contribution in [3.8, 4) is 11.8 Å². The molecule has 2 fully saturated rings. The zero-order valence-electron chi connectivity index (χ0n) is 25.9. The molecule has 1 unspecified atom stereocenters. The van der Waals surface area contributed by atoms with Gasteiger partial charge in [-0.3, -0.25) is 25.1 Å². The standard InChI is InChI=1S/C34H38Cl2N6O4/c1-3-46-29-20-23(21-37)4-13-28(29)34(33(44)42-17-15-41(16-18-42)22-30(43)38-14-19-45-2)39-31(24-5-9-26(35)10-6-24)32(40-34)25-7-11-27(36)12-8-25/h4-13,20,31-32,39-40H,3,14-19,22H2,1-2H3,(H,38,43)/t31-,32+,34?. The molecule has 2 amide bonds. The molecule has 2 aliphatic rings. The molecule has 0 aliphatic carbocycles. The van der Waals surface area contributed by atoms with Gasteiger partial charge in [-0.05, 0) is 54.4 Å². The minimum atomic E-state index is -1.42. The number of ether oxygens (including phenoxy) is 2. The number of carbonyl (C=O) groups is 2. The lowest BCUT2D eigenvalue weighted by molar-refractivity contribution is -0.141. The summed E-state index contributed by atoms with van der Waals surface area (Å²) in [6.45, 7) is 5.27. The van der Waals surface area contributed by atoms with E-state index in [0.717, 1.165) is 11.1 Å². The Bertz CT molecular complexity index is 1500. The first-order chi connectivity index (χ1) is 22.3. The lowest BCUT2D eigenvalue weighted by Gasteiger charge is -2.40. The minimum Gasteiger partial charge on any atom is -0.493 e. The van der Waals surface area contributed by atoms with E-state index in [1.807, 2.05) is 65.3 Å². The van der Waals surface area contributed by atoms with Crippen LogP contribution < -0.4 is 20.7 Å². The first-order valence-electron chi connectivity index (χ1n) is 15.3. The number of piperazine rings is 1. The van der Waals surface area contributed by atoms with E-state index in [9.17, 15) is 14.9 Å². The molecule has 3 aromatic carbocycles. The molecular weight excluding hydrogens is 627 g/mol. The Labute approximate surface area is 279 Å². The van der Waals surface area contributed by atoms with E-state index >= 15 is 0 Å². The molecule has 0 radical (unpaired) electrons. The van der Waals surface area contributed by atoms with E-state index in [4.69, 9.17) is 32.7 Å². The fourth-order valence-electron chi connectivity index (χ4n) is 6.04. The summed E-state index contributed by atoms with van der Waals surface area (Å²) >= 11 is 12.5. The Kier molecular flexibility index (Phi) is 11.2. The summed E-state index contributed by atoms with van der Waals surface area (Å²) in [5.74, 6) is 0.175. The Morgan fingerprint density at radius 3 is 2.07 bits per heavy atom. The van der Waals surface area contributed by atoms with Crippen molar-refractivity contribution < 1.29 is 19.1 Å². The molecule has 3 aromatic rings. The zero-order chi connectivity index (χ0) is 32.7. The number of nitrogens with one attached hydrogen (secondary N) is 3. The largest absolute Gasteiger partial charge is 0.493 e. The number of benzene rings is 3. The Hall–Kier alpha value is -3.69. The highest BCUT2D eigenvalue weighted by Crippen LogP contribution is 2.45. The Morgan fingerprint density at radius 2 is 1.54 bits per heavy atom. The maximum Gasteiger partial charge on any atom is 0.262 e. The molecule has 242 valence electrons. The zero-order valence-corrected chi connectivity index (χ0v) is 27.4. The van der Waals surface area contributed by atoms with E-state index in [2.05, 4.69) is 22.0 Å². The first-order valence-corrected chi connectivity index (χ1v) is 16.0. The van der Waals surface area contributed by atoms with E-state index < -0.39 is 5.66 Å². The van der Waals surface area contributed by atoms with Gasteiger partial charge in [-0.2, -0.15) is 5.26 Å². The van der Waals surface area contributed by atoms with E-state index in [-0.39, 0.29) is 30.4 Å². The van der Waals surface area contributed by atoms with Crippen LogP contribution in [0.2, 0.25) is 10.0 Å². The molecule has 2 aliphatic heterocycles. The molecule has 46 heavy (non-hydrogen) atoms. The molecule has 2 saturated heterocycles. The summed E-state index contributed by atoms with van der Waals surface area (Å²) in [5.41, 5.74) is 1.44. The fourth-order valence-corrected chi connectivity index (χ4v) is 6.29. The van der Waals surface area contributed by atoms with Gasteiger partial charge in [-0.1, -0.05) is 53.5 Å². The summed E-state index contributed by atoms with van der Waals surface area (Å²) in [5, 5.41) is 21.1. The van der Waals surface area contributed by atoms with Crippen molar-refractivity contribution in [2.24, 2.45) is 0 Å². The van der Waals surface area contributed by atoms with Crippen LogP contribution in [0.1, 0.15) is 41.3 Å². The van der Waals surface area contributed by atoms with Crippen molar-refractivity contribution in [1.29, 1.82) is 5.26 Å². The molecule has 0 bridgehead atoms. The predicted octanol–water partition coefficient (Wildman–Crippen LogP) is 4.00. The van der Waals surface area contributed by atoms with Crippen LogP contribution in [0.25, 0.3) is 0 Å². The topological polar surface area (TPSA) is 119 Å². The SMILES string of the molecule is CCOc1cc(C#N)ccc1C1(C(=O)N2CCN(CC(=O)NCCOC)CC2)N[C@H](c2ccc(Cl)cc2)[C@H](c2ccc(Cl)cc2)N1. The van der Waals surface area contributed by atoms with Crippen molar-refractivity contribution in [1.82, 2.24) is 25.8 Å². The lowest BCUT2D eigenvalue weighted by atomic mass is 9.95. The van der Waals surface area contributed by atoms with Gasteiger partial charge in [0.25, 0.3) is 5.91 Å². The molecule has 5 rings (SSSR count). The first kappa shape index (κ1) is 33.7. The average Bonchev–Trinajstić information content (AvgIpc) is 3.47. The second-order valence-corrected chi connectivity index (χ2v) is 12.1. The Morgan fingerprint density at radius 1 is 0.957 bits per heavy atom. The number of hydrogen-bond acceptors (Lipinski definition) is 8.